The van der Waals surface area contributed by atoms with Crippen molar-refractivity contribution in [3.8, 4) is 5.75 Å². The first kappa shape index (κ1) is 20.2. The number of fused-ring (bicyclic) bond motifs is 1. The molecule has 152 valence electrons. The van der Waals surface area contributed by atoms with Crippen LogP contribution in [0.4, 0.5) is 13.2 Å². The molecule has 1 saturated heterocycles. The number of ether oxygens (including phenoxy) is 1. The highest BCUT2D eigenvalue weighted by atomic mass is 19.4. The van der Waals surface area contributed by atoms with Gasteiger partial charge in [0.1, 0.15) is 12.3 Å². The molecule has 1 saturated carbocycles. The Kier molecular flexibility index (Phi) is 5.90. The minimum Gasteiger partial charge on any atom is -0.484 e. The van der Waals surface area contributed by atoms with E-state index in [2.05, 4.69) is 10.1 Å². The summed E-state index contributed by atoms with van der Waals surface area (Å²) < 4.78 is 41.3. The van der Waals surface area contributed by atoms with E-state index in [9.17, 15) is 27.6 Å². The zero-order chi connectivity index (χ0) is 20.3. The lowest BCUT2D eigenvalue weighted by atomic mass is 9.81. The lowest BCUT2D eigenvalue weighted by Gasteiger charge is -2.19. The second-order valence-electron chi connectivity index (χ2n) is 7.09. The van der Waals surface area contributed by atoms with Crippen LogP contribution in [-0.4, -0.2) is 41.9 Å². The van der Waals surface area contributed by atoms with Gasteiger partial charge in [0, 0.05) is 6.54 Å². The molecular formula is C19H21F3N2O4. The number of hydrogen-bond acceptors (Lipinski definition) is 4. The van der Waals surface area contributed by atoms with Crippen molar-refractivity contribution in [3.05, 3.63) is 29.8 Å². The molecule has 28 heavy (non-hydrogen) atoms. The summed E-state index contributed by atoms with van der Waals surface area (Å²) in [5.41, 5.74) is 0.542. The zero-order valence-electron chi connectivity index (χ0n) is 15.1. The summed E-state index contributed by atoms with van der Waals surface area (Å²) >= 11 is 0. The lowest BCUT2D eigenvalue weighted by molar-refractivity contribution is -0.153. The molecule has 1 heterocycles. The van der Waals surface area contributed by atoms with Gasteiger partial charge in [0.05, 0.1) is 11.8 Å². The van der Waals surface area contributed by atoms with Gasteiger partial charge in [-0.1, -0.05) is 25.0 Å². The first-order valence-corrected chi connectivity index (χ1v) is 9.15. The van der Waals surface area contributed by atoms with E-state index < -0.39 is 18.7 Å². The molecule has 1 aromatic carbocycles. The van der Waals surface area contributed by atoms with Gasteiger partial charge in [-0.2, -0.15) is 13.2 Å². The highest BCUT2D eigenvalue weighted by Crippen LogP contribution is 2.37. The molecule has 9 heteroatoms. The smallest absolute Gasteiger partial charge is 0.422 e. The highest BCUT2D eigenvalue weighted by Gasteiger charge is 2.48. The second-order valence-corrected chi connectivity index (χ2v) is 7.09. The number of halogens is 3. The second kappa shape index (κ2) is 8.20. The van der Waals surface area contributed by atoms with Gasteiger partial charge >= 0.3 is 6.18 Å². The summed E-state index contributed by atoms with van der Waals surface area (Å²) in [5, 5.41) is 2.59. The highest BCUT2D eigenvalue weighted by molar-refractivity contribution is 6.07. The predicted octanol–water partition coefficient (Wildman–Crippen LogP) is 2.42. The van der Waals surface area contributed by atoms with Crippen molar-refractivity contribution < 1.29 is 32.3 Å². The van der Waals surface area contributed by atoms with Crippen LogP contribution in [0.5, 0.6) is 5.75 Å². The number of likely N-dealkylation sites (tertiary alicyclic amines) is 1. The van der Waals surface area contributed by atoms with E-state index in [-0.39, 0.29) is 42.5 Å². The molecule has 2 unspecified atom stereocenters. The molecule has 2 aliphatic rings. The number of alkyl halides is 3. The number of nitrogens with one attached hydrogen (secondary N) is 1. The van der Waals surface area contributed by atoms with Gasteiger partial charge in [-0.05, 0) is 30.5 Å². The topological polar surface area (TPSA) is 75.7 Å². The summed E-state index contributed by atoms with van der Waals surface area (Å²) in [6.45, 7) is -1.69. The first-order valence-electron chi connectivity index (χ1n) is 9.15. The number of rotatable bonds is 6. The summed E-state index contributed by atoms with van der Waals surface area (Å²) in [7, 11) is 0. The third-order valence-corrected chi connectivity index (χ3v) is 5.02. The van der Waals surface area contributed by atoms with Crippen LogP contribution in [0.1, 0.15) is 31.2 Å². The molecule has 1 aliphatic carbocycles. The normalized spacial score (nSPS) is 22.2. The molecule has 1 aromatic rings. The van der Waals surface area contributed by atoms with Crippen molar-refractivity contribution in [3.63, 3.8) is 0 Å². The van der Waals surface area contributed by atoms with Crippen molar-refractivity contribution in [2.45, 2.75) is 38.4 Å². The van der Waals surface area contributed by atoms with Gasteiger partial charge in [0.25, 0.3) is 0 Å². The molecular weight excluding hydrogens is 377 g/mol. The SMILES string of the molecule is O=C(CN1C(=O)C2CCCCC2C1=O)NCc1cccc(OCC(F)(F)F)c1. The molecule has 2 atom stereocenters. The number of hydrogen-bond donors (Lipinski definition) is 1. The van der Waals surface area contributed by atoms with Gasteiger partial charge in [-0.15, -0.1) is 0 Å². The number of carbonyl (C=O) groups is 3. The molecule has 0 aromatic heterocycles. The van der Waals surface area contributed by atoms with E-state index in [0.29, 0.717) is 18.4 Å². The average molecular weight is 398 g/mol. The number of benzene rings is 1. The minimum atomic E-state index is -4.43. The van der Waals surface area contributed by atoms with Crippen LogP contribution in [0.25, 0.3) is 0 Å². The summed E-state index contributed by atoms with van der Waals surface area (Å²) in [6.07, 6.45) is -1.26. The predicted molar refractivity (Wildman–Crippen MR) is 92.0 cm³/mol. The van der Waals surface area contributed by atoms with Crippen LogP contribution in [-0.2, 0) is 20.9 Å². The first-order chi connectivity index (χ1) is 13.2. The molecule has 1 N–H and O–H groups in total. The van der Waals surface area contributed by atoms with Gasteiger partial charge in [0.2, 0.25) is 17.7 Å². The fourth-order valence-electron chi connectivity index (χ4n) is 3.70. The Hall–Kier alpha value is -2.58. The lowest BCUT2D eigenvalue weighted by Crippen LogP contribution is -2.40. The molecule has 1 aliphatic heterocycles. The van der Waals surface area contributed by atoms with Gasteiger partial charge in [-0.3, -0.25) is 19.3 Å². The fourth-order valence-corrected chi connectivity index (χ4v) is 3.70. The van der Waals surface area contributed by atoms with Crippen LogP contribution in [0.3, 0.4) is 0 Å². The van der Waals surface area contributed by atoms with Gasteiger partial charge < -0.3 is 10.1 Å². The average Bonchev–Trinajstić information content (AvgIpc) is 2.90. The minimum absolute atomic E-state index is 0.0399. The number of imide groups is 1. The molecule has 2 fully saturated rings. The van der Waals surface area contributed by atoms with Crippen LogP contribution in [0.15, 0.2) is 24.3 Å². The van der Waals surface area contributed by atoms with Crippen molar-refractivity contribution >= 4 is 17.7 Å². The maximum atomic E-state index is 12.4. The molecule has 6 nitrogen and oxygen atoms in total. The van der Waals surface area contributed by atoms with Crippen LogP contribution >= 0.6 is 0 Å². The third kappa shape index (κ3) is 4.82. The van der Waals surface area contributed by atoms with Crippen LogP contribution in [0.2, 0.25) is 0 Å². The standard InChI is InChI=1S/C19H21F3N2O4/c20-19(21,22)11-28-13-5-3-4-12(8-13)9-23-16(25)10-24-17(26)14-6-1-2-7-15(14)18(24)27/h3-5,8,14-15H,1-2,6-7,9-11H2,(H,23,25). The number of amides is 3. The molecule has 0 spiro atoms. The zero-order valence-corrected chi connectivity index (χ0v) is 15.1. The van der Waals surface area contributed by atoms with E-state index >= 15 is 0 Å². The Bertz CT molecular complexity index is 742. The largest absolute Gasteiger partial charge is 0.484 e. The van der Waals surface area contributed by atoms with Crippen molar-refractivity contribution in [2.75, 3.05) is 13.2 Å². The summed E-state index contributed by atoms with van der Waals surface area (Å²) in [4.78, 5) is 37.9. The quantitative estimate of drug-likeness (QED) is 0.747. The van der Waals surface area contributed by atoms with Crippen molar-refractivity contribution in [1.29, 1.82) is 0 Å². The molecule has 0 bridgehead atoms. The molecule has 3 rings (SSSR count). The Morgan fingerprint density at radius 2 is 1.79 bits per heavy atom. The fraction of sp³-hybridized carbons (Fsp3) is 0.526. The number of carbonyl (C=O) groups excluding carboxylic acids is 3. The Morgan fingerprint density at radius 1 is 1.14 bits per heavy atom. The molecule has 0 radical (unpaired) electrons. The van der Waals surface area contributed by atoms with E-state index in [0.717, 1.165) is 17.7 Å². The van der Waals surface area contributed by atoms with Crippen molar-refractivity contribution in [2.24, 2.45) is 11.8 Å². The van der Waals surface area contributed by atoms with E-state index in [4.69, 9.17) is 0 Å². The molecule has 3 amide bonds. The maximum Gasteiger partial charge on any atom is 0.422 e. The van der Waals surface area contributed by atoms with Crippen molar-refractivity contribution in [1.82, 2.24) is 10.2 Å². The maximum absolute atomic E-state index is 12.4. The van der Waals surface area contributed by atoms with Gasteiger partial charge in [-0.25, -0.2) is 0 Å². The Morgan fingerprint density at radius 3 is 2.39 bits per heavy atom. The van der Waals surface area contributed by atoms with Gasteiger partial charge in [0.15, 0.2) is 6.61 Å². The number of nitrogens with zero attached hydrogens (tertiary/aromatic N) is 1. The third-order valence-electron chi connectivity index (χ3n) is 5.02. The van der Waals surface area contributed by atoms with E-state index in [1.165, 1.54) is 18.2 Å². The van der Waals surface area contributed by atoms with E-state index in [1.807, 2.05) is 0 Å². The Labute approximate surface area is 160 Å². The Balaban J connectivity index is 1.52. The van der Waals surface area contributed by atoms with E-state index in [1.54, 1.807) is 6.07 Å². The van der Waals surface area contributed by atoms with Crippen LogP contribution < -0.4 is 10.1 Å². The summed E-state index contributed by atoms with van der Waals surface area (Å²) in [6, 6.07) is 5.93. The summed E-state index contributed by atoms with van der Waals surface area (Å²) in [5.74, 6) is -1.65. The van der Waals surface area contributed by atoms with Crippen LogP contribution in [0, 0.1) is 11.8 Å². The monoisotopic (exact) mass is 398 g/mol.